The number of aliphatic hydroxyl groups excluding tert-OH is 1. The summed E-state index contributed by atoms with van der Waals surface area (Å²) in [6.07, 6.45) is -0.437. The van der Waals surface area contributed by atoms with Crippen molar-refractivity contribution in [3.05, 3.63) is 58.6 Å². The number of piperazine rings is 1. The summed E-state index contributed by atoms with van der Waals surface area (Å²) in [7, 11) is 0. The second kappa shape index (κ2) is 9.78. The van der Waals surface area contributed by atoms with Crippen LogP contribution in [0.25, 0.3) is 0 Å². The van der Waals surface area contributed by atoms with Crippen LogP contribution in [0.5, 0.6) is 11.5 Å². The number of hydrogen-bond donors (Lipinski definition) is 3. The minimum atomic E-state index is -0.437. The van der Waals surface area contributed by atoms with Gasteiger partial charge in [0, 0.05) is 10.6 Å². The number of rotatable bonds is 8. The lowest BCUT2D eigenvalue weighted by Gasteiger charge is -2.30. The predicted octanol–water partition coefficient (Wildman–Crippen LogP) is -0.0702. The first-order valence-corrected chi connectivity index (χ1v) is 10.6. The topological polar surface area (TPSA) is 56.8 Å². The lowest BCUT2D eigenvalue weighted by molar-refractivity contribution is -1.02. The molecule has 2 heterocycles. The Morgan fingerprint density at radius 3 is 2.41 bits per heavy atom. The first-order chi connectivity index (χ1) is 14.2. The maximum atomic E-state index is 10.3. The van der Waals surface area contributed by atoms with Gasteiger partial charge in [0.15, 0.2) is 11.5 Å². The fraction of sp³-hybridized carbons (Fsp3) is 0.455. The lowest BCUT2D eigenvalue weighted by atomic mass is 10.1. The van der Waals surface area contributed by atoms with E-state index in [0.29, 0.717) is 20.0 Å². The van der Waals surface area contributed by atoms with E-state index in [-0.39, 0.29) is 0 Å². The van der Waals surface area contributed by atoms with E-state index in [0.717, 1.165) is 61.4 Å². The van der Waals surface area contributed by atoms with Crippen LogP contribution < -0.4 is 19.3 Å². The molecule has 0 unspecified atom stereocenters. The van der Waals surface area contributed by atoms with Crippen molar-refractivity contribution in [1.82, 2.24) is 0 Å². The van der Waals surface area contributed by atoms with Crippen molar-refractivity contribution >= 4 is 11.6 Å². The van der Waals surface area contributed by atoms with E-state index >= 15 is 0 Å². The summed E-state index contributed by atoms with van der Waals surface area (Å²) >= 11 is 5.89. The first-order valence-electron chi connectivity index (χ1n) is 10.2. The highest BCUT2D eigenvalue weighted by atomic mass is 35.5. The maximum Gasteiger partial charge on any atom is 0.231 e. The molecule has 0 bridgehead atoms. The molecule has 1 fully saturated rings. The quantitative estimate of drug-likeness (QED) is 0.559. The molecule has 0 amide bonds. The third kappa shape index (κ3) is 5.84. The summed E-state index contributed by atoms with van der Waals surface area (Å²) in [6.45, 7) is 7.23. The molecule has 2 aromatic carbocycles. The van der Waals surface area contributed by atoms with Crippen LogP contribution in [0.15, 0.2) is 42.5 Å². The molecule has 156 valence electrons. The van der Waals surface area contributed by atoms with Gasteiger partial charge in [-0.1, -0.05) is 23.7 Å². The number of ether oxygens (including phenoxy) is 3. The van der Waals surface area contributed by atoms with Gasteiger partial charge in [0.05, 0.1) is 13.2 Å². The minimum absolute atomic E-state index is 0.319. The molecule has 2 aliphatic rings. The van der Waals surface area contributed by atoms with E-state index in [4.69, 9.17) is 25.8 Å². The monoisotopic (exact) mass is 420 g/mol. The summed E-state index contributed by atoms with van der Waals surface area (Å²) in [5, 5.41) is 11.0. The smallest absolute Gasteiger partial charge is 0.231 e. The van der Waals surface area contributed by atoms with Crippen LogP contribution in [0.1, 0.15) is 11.1 Å². The molecule has 0 radical (unpaired) electrons. The van der Waals surface area contributed by atoms with Crippen LogP contribution >= 0.6 is 11.6 Å². The van der Waals surface area contributed by atoms with Gasteiger partial charge < -0.3 is 29.1 Å². The third-order valence-electron chi connectivity index (χ3n) is 5.57. The van der Waals surface area contributed by atoms with Gasteiger partial charge in [-0.15, -0.1) is 0 Å². The second-order valence-corrected chi connectivity index (χ2v) is 8.30. The fourth-order valence-corrected chi connectivity index (χ4v) is 4.09. The highest BCUT2D eigenvalue weighted by molar-refractivity contribution is 6.30. The van der Waals surface area contributed by atoms with E-state index < -0.39 is 6.10 Å². The van der Waals surface area contributed by atoms with Crippen molar-refractivity contribution in [2.45, 2.75) is 19.3 Å². The van der Waals surface area contributed by atoms with Crippen molar-refractivity contribution in [2.24, 2.45) is 0 Å². The molecule has 1 saturated heterocycles. The molecule has 4 rings (SSSR count). The molecule has 0 saturated carbocycles. The standard InChI is InChI=1S/C22H27ClN2O4/c23-19-4-1-17(2-5-19)14-27-15-20(26)13-25-9-7-24(8-10-25)12-18-3-6-21-22(11-18)29-16-28-21/h1-6,11,20,26H,7-10,12-16H2/p+2/t20-/m0/s1. The van der Waals surface area contributed by atoms with E-state index in [1.807, 2.05) is 30.3 Å². The molecular formula is C22H29ClN2O4+2. The van der Waals surface area contributed by atoms with Crippen LogP contribution in [-0.2, 0) is 17.9 Å². The van der Waals surface area contributed by atoms with Gasteiger partial charge in [-0.3, -0.25) is 0 Å². The summed E-state index contributed by atoms with van der Waals surface area (Å²) in [4.78, 5) is 3.02. The third-order valence-corrected chi connectivity index (χ3v) is 5.82. The van der Waals surface area contributed by atoms with Crippen molar-refractivity contribution in [3.8, 4) is 11.5 Å². The molecule has 1 atom stereocenters. The van der Waals surface area contributed by atoms with E-state index in [1.165, 1.54) is 10.5 Å². The Morgan fingerprint density at radius 1 is 0.931 bits per heavy atom. The molecule has 0 aliphatic carbocycles. The average Bonchev–Trinajstić information content (AvgIpc) is 3.19. The van der Waals surface area contributed by atoms with E-state index in [9.17, 15) is 5.11 Å². The molecule has 6 nitrogen and oxygen atoms in total. The van der Waals surface area contributed by atoms with E-state index in [1.54, 1.807) is 4.90 Å². The van der Waals surface area contributed by atoms with Gasteiger partial charge in [0.1, 0.15) is 45.4 Å². The van der Waals surface area contributed by atoms with E-state index in [2.05, 4.69) is 12.1 Å². The van der Waals surface area contributed by atoms with Gasteiger partial charge in [-0.25, -0.2) is 0 Å². The Hall–Kier alpha value is -1.83. The van der Waals surface area contributed by atoms with Crippen LogP contribution in [0.3, 0.4) is 0 Å². The Bertz CT molecular complexity index is 794. The molecule has 29 heavy (non-hydrogen) atoms. The van der Waals surface area contributed by atoms with Crippen LogP contribution in [-0.4, -0.2) is 57.3 Å². The van der Waals surface area contributed by atoms with Gasteiger partial charge in [0.25, 0.3) is 0 Å². The number of nitrogens with one attached hydrogen (secondary N) is 2. The SMILES string of the molecule is O[C@H](COCc1ccc(Cl)cc1)C[NH+]1CC[NH+](Cc2ccc3c(c2)OCO3)CC1. The number of fused-ring (bicyclic) bond motifs is 1. The highest BCUT2D eigenvalue weighted by Gasteiger charge is 2.25. The second-order valence-electron chi connectivity index (χ2n) is 7.86. The summed E-state index contributed by atoms with van der Waals surface area (Å²) < 4.78 is 16.5. The number of benzene rings is 2. The minimum Gasteiger partial charge on any atom is -0.454 e. The molecule has 0 aromatic heterocycles. The van der Waals surface area contributed by atoms with Crippen molar-refractivity contribution in [3.63, 3.8) is 0 Å². The zero-order chi connectivity index (χ0) is 20.1. The number of quaternary nitrogens is 2. The van der Waals surface area contributed by atoms with Crippen molar-refractivity contribution < 1.29 is 29.1 Å². The average molecular weight is 421 g/mol. The largest absolute Gasteiger partial charge is 0.454 e. The molecule has 3 N–H and O–H groups in total. The normalized spacial score (nSPS) is 21.9. The summed E-state index contributed by atoms with van der Waals surface area (Å²) in [6, 6.07) is 13.8. The molecule has 7 heteroatoms. The zero-order valence-corrected chi connectivity index (χ0v) is 17.3. The van der Waals surface area contributed by atoms with Gasteiger partial charge in [0.2, 0.25) is 6.79 Å². The van der Waals surface area contributed by atoms with Crippen molar-refractivity contribution in [1.29, 1.82) is 0 Å². The Kier molecular flexibility index (Phi) is 6.90. The zero-order valence-electron chi connectivity index (χ0n) is 16.5. The molecule has 0 spiro atoms. The van der Waals surface area contributed by atoms with Gasteiger partial charge in [-0.2, -0.15) is 0 Å². The highest BCUT2D eigenvalue weighted by Crippen LogP contribution is 2.32. The summed E-state index contributed by atoms with van der Waals surface area (Å²) in [5.74, 6) is 1.69. The number of hydrogen-bond acceptors (Lipinski definition) is 4. The number of halogens is 1. The van der Waals surface area contributed by atoms with Gasteiger partial charge in [-0.05, 0) is 35.9 Å². The molecular weight excluding hydrogens is 392 g/mol. The Labute approximate surface area is 176 Å². The summed E-state index contributed by atoms with van der Waals surface area (Å²) in [5.41, 5.74) is 2.35. The Balaban J connectivity index is 1.14. The number of aliphatic hydroxyl groups is 1. The maximum absolute atomic E-state index is 10.3. The lowest BCUT2D eigenvalue weighted by Crippen LogP contribution is -3.28. The van der Waals surface area contributed by atoms with Crippen molar-refractivity contribution in [2.75, 3.05) is 46.1 Å². The molecule has 2 aromatic rings. The molecule has 2 aliphatic heterocycles. The Morgan fingerprint density at radius 2 is 1.62 bits per heavy atom. The van der Waals surface area contributed by atoms with Gasteiger partial charge >= 0.3 is 0 Å². The first kappa shape index (κ1) is 20.4. The van der Waals surface area contributed by atoms with Crippen LogP contribution in [0, 0.1) is 0 Å². The van der Waals surface area contributed by atoms with Crippen LogP contribution in [0.4, 0.5) is 0 Å². The van der Waals surface area contributed by atoms with Crippen LogP contribution in [0.2, 0.25) is 5.02 Å². The fourth-order valence-electron chi connectivity index (χ4n) is 3.96. The predicted molar refractivity (Wildman–Crippen MR) is 110 cm³/mol.